The third kappa shape index (κ3) is 1.95. The third-order valence-corrected chi connectivity index (χ3v) is 3.19. The van der Waals surface area contributed by atoms with Gasteiger partial charge in [-0.25, -0.2) is 0 Å². The Kier molecular flexibility index (Phi) is 2.95. The molecule has 0 saturated heterocycles. The SMILES string of the molecule is Cc1ccc(C(C)(C)[N+](=O)[O-])cc1Br. The summed E-state index contributed by atoms with van der Waals surface area (Å²) in [6.07, 6.45) is 0. The molecule has 14 heavy (non-hydrogen) atoms. The Morgan fingerprint density at radius 2 is 2.00 bits per heavy atom. The molecule has 0 N–H and O–H groups in total. The highest BCUT2D eigenvalue weighted by Gasteiger charge is 2.33. The maximum atomic E-state index is 10.8. The summed E-state index contributed by atoms with van der Waals surface area (Å²) in [7, 11) is 0. The fourth-order valence-electron chi connectivity index (χ4n) is 1.08. The fourth-order valence-corrected chi connectivity index (χ4v) is 1.46. The van der Waals surface area contributed by atoms with Crippen LogP contribution in [0, 0.1) is 17.0 Å². The number of benzene rings is 1. The van der Waals surface area contributed by atoms with Crippen LogP contribution in [0.3, 0.4) is 0 Å². The minimum atomic E-state index is -1.03. The highest BCUT2D eigenvalue weighted by Crippen LogP contribution is 2.27. The topological polar surface area (TPSA) is 43.1 Å². The van der Waals surface area contributed by atoms with Crippen LogP contribution in [0.2, 0.25) is 0 Å². The van der Waals surface area contributed by atoms with E-state index in [9.17, 15) is 10.1 Å². The molecular formula is C10H12BrNO2. The zero-order valence-electron chi connectivity index (χ0n) is 8.37. The molecule has 0 aliphatic rings. The van der Waals surface area contributed by atoms with Crippen molar-refractivity contribution in [1.82, 2.24) is 0 Å². The van der Waals surface area contributed by atoms with Crippen LogP contribution < -0.4 is 0 Å². The Hall–Kier alpha value is -0.900. The van der Waals surface area contributed by atoms with E-state index >= 15 is 0 Å². The number of rotatable bonds is 2. The van der Waals surface area contributed by atoms with Crippen molar-refractivity contribution in [1.29, 1.82) is 0 Å². The number of halogens is 1. The van der Waals surface area contributed by atoms with E-state index in [1.165, 1.54) is 0 Å². The number of hydrogen-bond donors (Lipinski definition) is 0. The van der Waals surface area contributed by atoms with Crippen LogP contribution in [0.4, 0.5) is 0 Å². The van der Waals surface area contributed by atoms with Crippen LogP contribution in [0.5, 0.6) is 0 Å². The van der Waals surface area contributed by atoms with E-state index < -0.39 is 5.54 Å². The highest BCUT2D eigenvalue weighted by molar-refractivity contribution is 9.10. The fraction of sp³-hybridized carbons (Fsp3) is 0.400. The van der Waals surface area contributed by atoms with Gasteiger partial charge in [0.1, 0.15) is 0 Å². The van der Waals surface area contributed by atoms with Crippen LogP contribution in [-0.2, 0) is 5.54 Å². The zero-order valence-corrected chi connectivity index (χ0v) is 9.96. The van der Waals surface area contributed by atoms with Gasteiger partial charge in [-0.15, -0.1) is 0 Å². The first kappa shape index (κ1) is 11.2. The summed E-state index contributed by atoms with van der Waals surface area (Å²) in [5.74, 6) is 0. The summed E-state index contributed by atoms with van der Waals surface area (Å²) in [6, 6.07) is 5.48. The van der Waals surface area contributed by atoms with Gasteiger partial charge in [0, 0.05) is 28.8 Å². The Morgan fingerprint density at radius 3 is 2.43 bits per heavy atom. The van der Waals surface area contributed by atoms with E-state index in [1.54, 1.807) is 26.0 Å². The monoisotopic (exact) mass is 257 g/mol. The lowest BCUT2D eigenvalue weighted by atomic mass is 9.94. The molecule has 0 aliphatic carbocycles. The van der Waals surface area contributed by atoms with Gasteiger partial charge in [0.2, 0.25) is 5.54 Å². The minimum Gasteiger partial charge on any atom is -0.264 e. The maximum Gasteiger partial charge on any atom is 0.241 e. The Bertz CT molecular complexity index is 374. The van der Waals surface area contributed by atoms with Crippen molar-refractivity contribution in [2.24, 2.45) is 0 Å². The summed E-state index contributed by atoms with van der Waals surface area (Å²) in [6.45, 7) is 5.15. The van der Waals surface area contributed by atoms with Crippen molar-refractivity contribution >= 4 is 15.9 Å². The van der Waals surface area contributed by atoms with Gasteiger partial charge < -0.3 is 0 Å². The van der Waals surface area contributed by atoms with Crippen LogP contribution in [0.15, 0.2) is 22.7 Å². The normalized spacial score (nSPS) is 11.4. The van der Waals surface area contributed by atoms with E-state index in [1.807, 2.05) is 13.0 Å². The molecule has 0 aromatic heterocycles. The first-order chi connectivity index (χ1) is 6.35. The van der Waals surface area contributed by atoms with Gasteiger partial charge in [0.15, 0.2) is 0 Å². The molecule has 76 valence electrons. The quantitative estimate of drug-likeness (QED) is 0.603. The predicted molar refractivity (Wildman–Crippen MR) is 58.9 cm³/mol. The molecule has 0 saturated carbocycles. The average molecular weight is 258 g/mol. The van der Waals surface area contributed by atoms with Crippen molar-refractivity contribution in [2.45, 2.75) is 26.3 Å². The van der Waals surface area contributed by atoms with Crippen LogP contribution in [0.25, 0.3) is 0 Å². The largest absolute Gasteiger partial charge is 0.264 e. The number of nitro groups is 1. The van der Waals surface area contributed by atoms with Crippen LogP contribution >= 0.6 is 15.9 Å². The second kappa shape index (κ2) is 3.69. The third-order valence-electron chi connectivity index (χ3n) is 2.33. The predicted octanol–water partition coefficient (Wildman–Crippen LogP) is 3.27. The lowest BCUT2D eigenvalue weighted by Gasteiger charge is -2.16. The van der Waals surface area contributed by atoms with E-state index in [0.717, 1.165) is 10.0 Å². The molecule has 0 amide bonds. The van der Waals surface area contributed by atoms with Crippen molar-refractivity contribution in [2.75, 3.05) is 0 Å². The Balaban J connectivity index is 3.21. The number of nitrogens with zero attached hydrogens (tertiary/aromatic N) is 1. The average Bonchev–Trinajstić information content (AvgIpc) is 2.09. The van der Waals surface area contributed by atoms with E-state index in [0.29, 0.717) is 5.56 Å². The summed E-state index contributed by atoms with van der Waals surface area (Å²) in [4.78, 5) is 10.5. The second-order valence-corrected chi connectivity index (χ2v) is 4.63. The van der Waals surface area contributed by atoms with Gasteiger partial charge in [0.25, 0.3) is 0 Å². The molecule has 0 aliphatic heterocycles. The highest BCUT2D eigenvalue weighted by atomic mass is 79.9. The van der Waals surface area contributed by atoms with Crippen LogP contribution in [-0.4, -0.2) is 4.92 Å². The van der Waals surface area contributed by atoms with Gasteiger partial charge in [-0.3, -0.25) is 10.1 Å². The van der Waals surface area contributed by atoms with Crippen LogP contribution in [0.1, 0.15) is 25.0 Å². The molecule has 1 rings (SSSR count). The van der Waals surface area contributed by atoms with Gasteiger partial charge in [-0.2, -0.15) is 0 Å². The molecule has 4 heteroatoms. The zero-order chi connectivity index (χ0) is 10.9. The van der Waals surface area contributed by atoms with Crippen molar-refractivity contribution in [3.05, 3.63) is 43.9 Å². The van der Waals surface area contributed by atoms with Gasteiger partial charge in [-0.1, -0.05) is 28.1 Å². The summed E-state index contributed by atoms with van der Waals surface area (Å²) < 4.78 is 0.907. The molecule has 0 fully saturated rings. The standard InChI is InChI=1S/C10H12BrNO2/c1-7-4-5-8(6-9(7)11)10(2,3)12(13)14/h4-6H,1-3H3. The van der Waals surface area contributed by atoms with Gasteiger partial charge in [-0.05, 0) is 18.6 Å². The van der Waals surface area contributed by atoms with Gasteiger partial charge in [0.05, 0.1) is 0 Å². The molecule has 3 nitrogen and oxygen atoms in total. The first-order valence-corrected chi connectivity index (χ1v) is 5.06. The van der Waals surface area contributed by atoms with E-state index in [4.69, 9.17) is 0 Å². The van der Waals surface area contributed by atoms with E-state index in [2.05, 4.69) is 15.9 Å². The van der Waals surface area contributed by atoms with Crippen molar-refractivity contribution < 1.29 is 4.92 Å². The maximum absolute atomic E-state index is 10.8. The molecule has 0 radical (unpaired) electrons. The molecule has 1 aromatic rings. The lowest BCUT2D eigenvalue weighted by molar-refractivity contribution is -0.569. The Morgan fingerprint density at radius 1 is 1.43 bits per heavy atom. The molecule has 0 atom stereocenters. The summed E-state index contributed by atoms with van der Waals surface area (Å²) in [5.41, 5.74) is 0.754. The smallest absolute Gasteiger partial charge is 0.241 e. The molecule has 0 spiro atoms. The molecule has 0 heterocycles. The summed E-state index contributed by atoms with van der Waals surface area (Å²) >= 11 is 3.37. The Labute approximate surface area is 91.4 Å². The molecular weight excluding hydrogens is 246 g/mol. The van der Waals surface area contributed by atoms with Crippen molar-refractivity contribution in [3.63, 3.8) is 0 Å². The molecule has 0 bridgehead atoms. The second-order valence-electron chi connectivity index (χ2n) is 3.78. The number of aryl methyl sites for hydroxylation is 1. The molecule has 0 unspecified atom stereocenters. The van der Waals surface area contributed by atoms with Gasteiger partial charge >= 0.3 is 0 Å². The lowest BCUT2D eigenvalue weighted by Crippen LogP contribution is -2.27. The molecule has 1 aromatic carbocycles. The first-order valence-electron chi connectivity index (χ1n) is 4.27. The summed E-state index contributed by atoms with van der Waals surface area (Å²) in [5, 5.41) is 10.8. The number of hydrogen-bond acceptors (Lipinski definition) is 2. The van der Waals surface area contributed by atoms with Crippen molar-refractivity contribution in [3.8, 4) is 0 Å². The minimum absolute atomic E-state index is 0.274. The van der Waals surface area contributed by atoms with E-state index in [-0.39, 0.29) is 4.92 Å².